The Kier molecular flexibility index (Phi) is 8.85. The van der Waals surface area contributed by atoms with Gasteiger partial charge in [0.15, 0.2) is 0 Å². The Hall–Kier alpha value is -1.82. The molecule has 0 N–H and O–H groups in total. The van der Waals surface area contributed by atoms with E-state index in [1.54, 1.807) is 16.1 Å². The van der Waals surface area contributed by atoms with E-state index < -0.39 is 0 Å². The molecule has 27 heavy (non-hydrogen) atoms. The van der Waals surface area contributed by atoms with Crippen molar-refractivity contribution >= 4 is 11.8 Å². The molecule has 1 aromatic rings. The summed E-state index contributed by atoms with van der Waals surface area (Å²) in [4.78, 5) is 29.4. The number of rotatable bonds is 11. The fourth-order valence-corrected chi connectivity index (χ4v) is 3.58. The van der Waals surface area contributed by atoms with Crippen LogP contribution >= 0.6 is 0 Å². The van der Waals surface area contributed by atoms with Crippen molar-refractivity contribution in [2.75, 3.05) is 26.2 Å². The lowest BCUT2D eigenvalue weighted by molar-refractivity contribution is -0.144. The lowest BCUT2D eigenvalue weighted by Gasteiger charge is -2.30. The van der Waals surface area contributed by atoms with Gasteiger partial charge in [-0.2, -0.15) is 0 Å². The van der Waals surface area contributed by atoms with Crippen molar-refractivity contribution in [3.05, 3.63) is 24.2 Å². The van der Waals surface area contributed by atoms with Crippen molar-refractivity contribution in [3.63, 3.8) is 0 Å². The van der Waals surface area contributed by atoms with Gasteiger partial charge in [-0.25, -0.2) is 0 Å². The summed E-state index contributed by atoms with van der Waals surface area (Å²) in [5, 5.41) is 0. The monoisotopic (exact) mass is 378 g/mol. The minimum atomic E-state index is -0.0466. The maximum atomic E-state index is 13.1. The van der Waals surface area contributed by atoms with E-state index in [4.69, 9.17) is 9.15 Å². The number of carbonyl (C=O) groups excluding carboxylic acids is 2. The summed E-state index contributed by atoms with van der Waals surface area (Å²) in [5.41, 5.74) is 0. The molecule has 0 aromatic carbocycles. The Morgan fingerprint density at radius 1 is 1.22 bits per heavy atom. The zero-order valence-electron chi connectivity index (χ0n) is 17.0. The molecule has 1 saturated heterocycles. The average molecular weight is 379 g/mol. The van der Waals surface area contributed by atoms with Gasteiger partial charge in [0.2, 0.25) is 11.8 Å². The highest BCUT2D eigenvalue weighted by Crippen LogP contribution is 2.17. The van der Waals surface area contributed by atoms with Gasteiger partial charge in [-0.15, -0.1) is 0 Å². The molecular weight excluding hydrogens is 344 g/mol. The first-order valence-corrected chi connectivity index (χ1v) is 10.3. The molecule has 2 rings (SSSR count). The molecule has 152 valence electrons. The summed E-state index contributed by atoms with van der Waals surface area (Å²) in [6.07, 6.45) is 6.12. The van der Waals surface area contributed by atoms with E-state index >= 15 is 0 Å². The number of carbonyl (C=O) groups is 2. The molecule has 6 heteroatoms. The highest BCUT2D eigenvalue weighted by atomic mass is 16.5. The van der Waals surface area contributed by atoms with Crippen LogP contribution in [0.25, 0.3) is 0 Å². The van der Waals surface area contributed by atoms with E-state index in [1.807, 2.05) is 32.9 Å². The van der Waals surface area contributed by atoms with Gasteiger partial charge in [0.25, 0.3) is 0 Å². The summed E-state index contributed by atoms with van der Waals surface area (Å²) >= 11 is 0. The number of ether oxygens (including phenoxy) is 1. The second-order valence-corrected chi connectivity index (χ2v) is 7.26. The van der Waals surface area contributed by atoms with Gasteiger partial charge in [0.05, 0.1) is 25.5 Å². The number of hydrogen-bond acceptors (Lipinski definition) is 4. The topological polar surface area (TPSA) is 63.0 Å². The molecule has 1 aliphatic heterocycles. The van der Waals surface area contributed by atoms with E-state index in [0.717, 1.165) is 44.5 Å². The van der Waals surface area contributed by atoms with Gasteiger partial charge in [-0.1, -0.05) is 20.8 Å². The second kappa shape index (κ2) is 11.1. The van der Waals surface area contributed by atoms with Crippen molar-refractivity contribution in [2.45, 2.75) is 65.5 Å². The molecule has 0 aliphatic carbocycles. The molecule has 1 aromatic heterocycles. The van der Waals surface area contributed by atoms with Crippen LogP contribution in [-0.4, -0.2) is 54.0 Å². The molecule has 2 amide bonds. The van der Waals surface area contributed by atoms with Crippen LogP contribution in [0.15, 0.2) is 22.8 Å². The summed E-state index contributed by atoms with van der Waals surface area (Å²) in [6, 6.07) is 3.69. The summed E-state index contributed by atoms with van der Waals surface area (Å²) < 4.78 is 11.2. The fourth-order valence-electron chi connectivity index (χ4n) is 3.58. The van der Waals surface area contributed by atoms with Gasteiger partial charge in [-0.05, 0) is 44.2 Å². The van der Waals surface area contributed by atoms with Crippen LogP contribution in [-0.2, 0) is 20.9 Å². The number of hydrogen-bond donors (Lipinski definition) is 0. The molecule has 0 spiro atoms. The molecule has 0 saturated carbocycles. The third-order valence-corrected chi connectivity index (χ3v) is 5.19. The highest BCUT2D eigenvalue weighted by Gasteiger charge is 2.28. The van der Waals surface area contributed by atoms with Crippen LogP contribution in [0.2, 0.25) is 0 Å². The lowest BCUT2D eigenvalue weighted by Crippen LogP contribution is -2.46. The highest BCUT2D eigenvalue weighted by molar-refractivity contribution is 5.86. The zero-order valence-corrected chi connectivity index (χ0v) is 17.0. The maximum absolute atomic E-state index is 13.1. The Morgan fingerprint density at radius 3 is 2.56 bits per heavy atom. The first-order chi connectivity index (χ1) is 13.1. The van der Waals surface area contributed by atoms with Crippen LogP contribution in [0.5, 0.6) is 0 Å². The van der Waals surface area contributed by atoms with Crippen LogP contribution in [0.4, 0.5) is 0 Å². The van der Waals surface area contributed by atoms with E-state index in [0.29, 0.717) is 19.6 Å². The molecule has 0 radical (unpaired) electrons. The maximum Gasteiger partial charge on any atom is 0.242 e. The molecule has 2 heterocycles. The van der Waals surface area contributed by atoms with Crippen molar-refractivity contribution in [2.24, 2.45) is 5.92 Å². The Labute approximate surface area is 162 Å². The van der Waals surface area contributed by atoms with Gasteiger partial charge < -0.3 is 19.0 Å². The van der Waals surface area contributed by atoms with Crippen LogP contribution in [0.3, 0.4) is 0 Å². The van der Waals surface area contributed by atoms with Gasteiger partial charge >= 0.3 is 0 Å². The van der Waals surface area contributed by atoms with Crippen LogP contribution in [0.1, 0.15) is 58.6 Å². The molecule has 1 aliphatic rings. The standard InChI is InChI=1S/C21H34N2O4/c1-4-11-22(21(25)17(5-2)6-3)16-20(24)23(14-18-9-7-12-26-18)15-19-10-8-13-27-19/h7,9,12,17,19H,4-6,8,10-11,13-16H2,1-3H3. The number of amides is 2. The van der Waals surface area contributed by atoms with Gasteiger partial charge in [-0.3, -0.25) is 9.59 Å². The van der Waals surface area contributed by atoms with Crippen molar-refractivity contribution in [1.29, 1.82) is 0 Å². The third kappa shape index (κ3) is 6.38. The predicted molar refractivity (Wildman–Crippen MR) is 104 cm³/mol. The summed E-state index contributed by atoms with van der Waals surface area (Å²) in [5.74, 6) is 0.774. The van der Waals surface area contributed by atoms with Crippen molar-refractivity contribution in [1.82, 2.24) is 9.80 Å². The molecule has 1 atom stereocenters. The minimum Gasteiger partial charge on any atom is -0.467 e. The van der Waals surface area contributed by atoms with Crippen molar-refractivity contribution in [3.8, 4) is 0 Å². The number of furan rings is 1. The van der Waals surface area contributed by atoms with Gasteiger partial charge in [0, 0.05) is 25.6 Å². The Bertz CT molecular complexity index is 563. The van der Waals surface area contributed by atoms with E-state index in [-0.39, 0.29) is 30.4 Å². The molecule has 6 nitrogen and oxygen atoms in total. The van der Waals surface area contributed by atoms with Crippen LogP contribution < -0.4 is 0 Å². The van der Waals surface area contributed by atoms with Crippen molar-refractivity contribution < 1.29 is 18.7 Å². The Balaban J connectivity index is 2.07. The molecular formula is C21H34N2O4. The fraction of sp³-hybridized carbons (Fsp3) is 0.714. The van der Waals surface area contributed by atoms with E-state index in [9.17, 15) is 9.59 Å². The first-order valence-electron chi connectivity index (χ1n) is 10.3. The van der Waals surface area contributed by atoms with E-state index in [2.05, 4.69) is 0 Å². The first kappa shape index (κ1) is 21.5. The minimum absolute atomic E-state index is 0.0129. The van der Waals surface area contributed by atoms with Gasteiger partial charge in [0.1, 0.15) is 5.76 Å². The largest absolute Gasteiger partial charge is 0.467 e. The molecule has 0 bridgehead atoms. The SMILES string of the molecule is CCCN(CC(=O)N(Cc1ccco1)CC1CCCO1)C(=O)C(CC)CC. The molecule has 1 unspecified atom stereocenters. The summed E-state index contributed by atoms with van der Waals surface area (Å²) in [7, 11) is 0. The average Bonchev–Trinajstić information content (AvgIpc) is 3.35. The normalized spacial score (nSPS) is 16.7. The molecule has 1 fully saturated rings. The second-order valence-electron chi connectivity index (χ2n) is 7.26. The quantitative estimate of drug-likeness (QED) is 0.591. The smallest absolute Gasteiger partial charge is 0.242 e. The lowest BCUT2D eigenvalue weighted by atomic mass is 10.0. The third-order valence-electron chi connectivity index (χ3n) is 5.19. The number of nitrogens with zero attached hydrogens (tertiary/aromatic N) is 2. The Morgan fingerprint density at radius 2 is 2.00 bits per heavy atom. The summed E-state index contributed by atoms with van der Waals surface area (Å²) in [6.45, 7) is 8.51. The zero-order chi connectivity index (χ0) is 19.6. The van der Waals surface area contributed by atoms with E-state index in [1.165, 1.54) is 0 Å². The predicted octanol–water partition coefficient (Wildman–Crippen LogP) is 3.46. The van der Waals surface area contributed by atoms with Crippen LogP contribution in [0, 0.1) is 5.92 Å².